The minimum atomic E-state index is 0.193. The van der Waals surface area contributed by atoms with E-state index in [4.69, 9.17) is 9.47 Å². The lowest BCUT2D eigenvalue weighted by atomic mass is 9.88. The maximum absolute atomic E-state index is 5.80. The van der Waals surface area contributed by atoms with E-state index < -0.39 is 0 Å². The third kappa shape index (κ3) is 6.37. The Bertz CT molecular complexity index is 842. The van der Waals surface area contributed by atoms with E-state index in [0.717, 1.165) is 31.0 Å². The fourth-order valence-electron chi connectivity index (χ4n) is 3.58. The quantitative estimate of drug-likeness (QED) is 0.506. The molecule has 0 aliphatic rings. The van der Waals surface area contributed by atoms with E-state index in [1.165, 1.54) is 16.7 Å². The largest absolute Gasteiger partial charge is 0.497 e. The van der Waals surface area contributed by atoms with Crippen molar-refractivity contribution in [1.29, 1.82) is 0 Å². The zero-order valence-electron chi connectivity index (χ0n) is 17.7. The van der Waals surface area contributed by atoms with Crippen LogP contribution in [0.3, 0.4) is 0 Å². The van der Waals surface area contributed by atoms with Gasteiger partial charge in [0.1, 0.15) is 18.0 Å². The van der Waals surface area contributed by atoms with E-state index in [0.29, 0.717) is 5.92 Å². The molecule has 0 aliphatic carbocycles. The van der Waals surface area contributed by atoms with Crippen LogP contribution in [0, 0.1) is 0 Å². The Hall–Kier alpha value is -2.78. The molecular formula is C26H32NO2+. The summed E-state index contributed by atoms with van der Waals surface area (Å²) >= 11 is 0. The summed E-state index contributed by atoms with van der Waals surface area (Å²) in [4.78, 5) is 0. The zero-order chi connectivity index (χ0) is 20.5. The van der Waals surface area contributed by atoms with Crippen molar-refractivity contribution >= 4 is 0 Å². The minimum absolute atomic E-state index is 0.193. The Kier molecular flexibility index (Phi) is 7.71. The minimum Gasteiger partial charge on any atom is -0.497 e. The number of nitrogens with two attached hydrogens (primary N) is 1. The molecule has 0 bridgehead atoms. The molecule has 0 fully saturated rings. The van der Waals surface area contributed by atoms with Crippen LogP contribution in [-0.2, 0) is 6.54 Å². The second-order valence-corrected chi connectivity index (χ2v) is 7.62. The monoisotopic (exact) mass is 390 g/mol. The lowest BCUT2D eigenvalue weighted by Crippen LogP contribution is -2.82. The zero-order valence-corrected chi connectivity index (χ0v) is 17.7. The third-order valence-corrected chi connectivity index (χ3v) is 5.05. The van der Waals surface area contributed by atoms with Crippen LogP contribution in [0.15, 0.2) is 78.9 Å². The van der Waals surface area contributed by atoms with E-state index in [1.54, 1.807) is 7.11 Å². The molecule has 1 atom stereocenters. The number of ether oxygens (including phenoxy) is 2. The van der Waals surface area contributed by atoms with Crippen LogP contribution in [0.25, 0.3) is 0 Å². The molecule has 0 saturated heterocycles. The highest BCUT2D eigenvalue weighted by Crippen LogP contribution is 2.29. The second-order valence-electron chi connectivity index (χ2n) is 7.62. The summed E-state index contributed by atoms with van der Waals surface area (Å²) in [5, 5.41) is 2.38. The number of methoxy groups -OCH3 is 1. The predicted molar refractivity (Wildman–Crippen MR) is 119 cm³/mol. The van der Waals surface area contributed by atoms with Crippen LogP contribution in [0.2, 0.25) is 0 Å². The smallest absolute Gasteiger partial charge is 0.119 e. The molecule has 152 valence electrons. The highest BCUT2D eigenvalue weighted by atomic mass is 16.5. The molecule has 3 aromatic rings. The Morgan fingerprint density at radius 2 is 1.38 bits per heavy atom. The maximum atomic E-state index is 5.80. The van der Waals surface area contributed by atoms with Gasteiger partial charge in [0, 0.05) is 17.9 Å². The van der Waals surface area contributed by atoms with Crippen LogP contribution in [0.1, 0.15) is 42.9 Å². The van der Waals surface area contributed by atoms with Gasteiger partial charge in [-0.3, -0.25) is 0 Å². The molecule has 2 N–H and O–H groups in total. The van der Waals surface area contributed by atoms with Gasteiger partial charge in [-0.15, -0.1) is 0 Å². The van der Waals surface area contributed by atoms with Crippen LogP contribution in [0.4, 0.5) is 0 Å². The molecule has 3 aromatic carbocycles. The molecule has 0 spiro atoms. The SMILES string of the molecule is COc1ccc(C[NH2+]CC[C@@H](c2ccccc2)c2ccc(OC(C)C)cc2)cc1. The summed E-state index contributed by atoms with van der Waals surface area (Å²) in [6, 6.07) is 27.7. The molecule has 0 aromatic heterocycles. The second kappa shape index (κ2) is 10.7. The molecule has 3 heteroatoms. The van der Waals surface area contributed by atoms with E-state index >= 15 is 0 Å². The van der Waals surface area contributed by atoms with Gasteiger partial charge < -0.3 is 14.8 Å². The number of hydrogen-bond donors (Lipinski definition) is 1. The van der Waals surface area contributed by atoms with Gasteiger partial charge in [0.2, 0.25) is 0 Å². The first kappa shape index (κ1) is 20.9. The Labute approximate surface area is 174 Å². The molecule has 0 amide bonds. The van der Waals surface area contributed by atoms with Crippen LogP contribution < -0.4 is 14.8 Å². The number of hydrogen-bond acceptors (Lipinski definition) is 2. The molecule has 3 rings (SSSR count). The lowest BCUT2D eigenvalue weighted by molar-refractivity contribution is -0.671. The summed E-state index contributed by atoms with van der Waals surface area (Å²) in [5.74, 6) is 2.22. The van der Waals surface area contributed by atoms with Crippen molar-refractivity contribution in [2.75, 3.05) is 13.7 Å². The Balaban J connectivity index is 1.63. The summed E-state index contributed by atoms with van der Waals surface area (Å²) in [7, 11) is 1.70. The van der Waals surface area contributed by atoms with Crippen molar-refractivity contribution < 1.29 is 14.8 Å². The van der Waals surface area contributed by atoms with Gasteiger partial charge in [-0.25, -0.2) is 0 Å². The Morgan fingerprint density at radius 1 is 0.759 bits per heavy atom. The first-order valence-electron chi connectivity index (χ1n) is 10.4. The molecule has 0 aliphatic heterocycles. The van der Waals surface area contributed by atoms with Crippen LogP contribution in [0.5, 0.6) is 11.5 Å². The first-order valence-corrected chi connectivity index (χ1v) is 10.4. The highest BCUT2D eigenvalue weighted by Gasteiger charge is 2.15. The predicted octanol–water partition coefficient (Wildman–Crippen LogP) is 4.77. The van der Waals surface area contributed by atoms with Crippen LogP contribution in [-0.4, -0.2) is 19.8 Å². The fraction of sp³-hybridized carbons (Fsp3) is 0.308. The molecule has 0 unspecified atom stereocenters. The maximum Gasteiger partial charge on any atom is 0.119 e. The van der Waals surface area contributed by atoms with Crippen molar-refractivity contribution in [3.05, 3.63) is 95.6 Å². The van der Waals surface area contributed by atoms with E-state index in [2.05, 4.69) is 85.9 Å². The van der Waals surface area contributed by atoms with Gasteiger partial charge >= 0.3 is 0 Å². The Morgan fingerprint density at radius 3 is 2.00 bits per heavy atom. The average molecular weight is 391 g/mol. The van der Waals surface area contributed by atoms with E-state index in [-0.39, 0.29) is 6.10 Å². The van der Waals surface area contributed by atoms with Crippen LogP contribution >= 0.6 is 0 Å². The van der Waals surface area contributed by atoms with E-state index in [1.807, 2.05) is 12.1 Å². The van der Waals surface area contributed by atoms with E-state index in [9.17, 15) is 0 Å². The first-order chi connectivity index (χ1) is 14.2. The number of rotatable bonds is 10. The number of benzene rings is 3. The highest BCUT2D eigenvalue weighted by molar-refractivity contribution is 5.36. The molecule has 29 heavy (non-hydrogen) atoms. The molecular weight excluding hydrogens is 358 g/mol. The van der Waals surface area contributed by atoms with Crippen molar-refractivity contribution in [3.8, 4) is 11.5 Å². The molecule has 0 saturated carbocycles. The van der Waals surface area contributed by atoms with Gasteiger partial charge in [0.05, 0.1) is 19.8 Å². The normalized spacial score (nSPS) is 12.0. The third-order valence-electron chi connectivity index (χ3n) is 5.05. The van der Waals surface area contributed by atoms with Crippen molar-refractivity contribution in [2.24, 2.45) is 0 Å². The fourth-order valence-corrected chi connectivity index (χ4v) is 3.58. The van der Waals surface area contributed by atoms with Gasteiger partial charge in [-0.05, 0) is 61.4 Å². The standard InChI is InChI=1S/C26H31NO2/c1-20(2)29-25-15-11-23(12-16-25)26(22-7-5-4-6-8-22)17-18-27-19-21-9-13-24(28-3)14-10-21/h4-16,20,26-27H,17-19H2,1-3H3/p+1/t26-/m0/s1. The van der Waals surface area contributed by atoms with Crippen molar-refractivity contribution in [3.63, 3.8) is 0 Å². The van der Waals surface area contributed by atoms with Gasteiger partial charge in [-0.2, -0.15) is 0 Å². The lowest BCUT2D eigenvalue weighted by Gasteiger charge is -2.18. The molecule has 0 heterocycles. The van der Waals surface area contributed by atoms with Gasteiger partial charge in [-0.1, -0.05) is 42.5 Å². The summed E-state index contributed by atoms with van der Waals surface area (Å²) in [6.45, 7) is 6.15. The summed E-state index contributed by atoms with van der Waals surface area (Å²) in [6.07, 6.45) is 1.28. The van der Waals surface area contributed by atoms with Gasteiger partial charge in [0.15, 0.2) is 0 Å². The summed E-state index contributed by atoms with van der Waals surface area (Å²) < 4.78 is 11.0. The summed E-state index contributed by atoms with van der Waals surface area (Å²) in [5.41, 5.74) is 4.02. The molecule has 3 nitrogen and oxygen atoms in total. The van der Waals surface area contributed by atoms with Gasteiger partial charge in [0.25, 0.3) is 0 Å². The van der Waals surface area contributed by atoms with Crippen molar-refractivity contribution in [1.82, 2.24) is 0 Å². The average Bonchev–Trinajstić information content (AvgIpc) is 2.75. The van der Waals surface area contributed by atoms with Crippen molar-refractivity contribution in [2.45, 2.75) is 38.8 Å². The topological polar surface area (TPSA) is 35.1 Å². The molecule has 0 radical (unpaired) electrons. The number of quaternary nitrogens is 1.